The molecule has 76 valence electrons. The molecule has 0 aliphatic carbocycles. The van der Waals surface area contributed by atoms with E-state index >= 15 is 0 Å². The van der Waals surface area contributed by atoms with Crippen LogP contribution in [0.25, 0.3) is 0 Å². The highest BCUT2D eigenvalue weighted by atomic mass is 35.5. The van der Waals surface area contributed by atoms with Gasteiger partial charge in [0.25, 0.3) is 0 Å². The highest BCUT2D eigenvalue weighted by Gasteiger charge is 2.08. The van der Waals surface area contributed by atoms with E-state index in [9.17, 15) is 9.18 Å². The monoisotopic (exact) mass is 235 g/mol. The molecule has 0 aliphatic heterocycles. The van der Waals surface area contributed by atoms with Crippen LogP contribution in [-0.4, -0.2) is 5.91 Å². The second-order valence-corrected chi connectivity index (χ2v) is 3.47. The fourth-order valence-corrected chi connectivity index (χ4v) is 1.36. The van der Waals surface area contributed by atoms with Crippen molar-refractivity contribution in [3.63, 3.8) is 0 Å². The van der Waals surface area contributed by atoms with E-state index in [2.05, 4.69) is 5.32 Å². The van der Waals surface area contributed by atoms with Gasteiger partial charge in [0, 0.05) is 12.1 Å². The summed E-state index contributed by atoms with van der Waals surface area (Å²) in [5, 5.41) is 2.31. The number of benzene rings is 1. The fourth-order valence-electron chi connectivity index (χ4n) is 0.877. The molecule has 0 saturated carbocycles. The number of hydrogen-bond acceptors (Lipinski definition) is 1. The van der Waals surface area contributed by atoms with Crippen molar-refractivity contribution in [3.05, 3.63) is 28.0 Å². The second kappa shape index (κ2) is 4.62. The number of amides is 1. The fraction of sp³-hybridized carbons (Fsp3) is 0.222. The zero-order valence-electron chi connectivity index (χ0n) is 7.40. The van der Waals surface area contributed by atoms with Crippen LogP contribution in [0.5, 0.6) is 0 Å². The van der Waals surface area contributed by atoms with Gasteiger partial charge in [-0.25, -0.2) is 4.39 Å². The Balaban J connectivity index is 2.95. The third kappa shape index (κ3) is 2.59. The normalized spacial score (nSPS) is 10.0. The maximum Gasteiger partial charge on any atom is 0.224 e. The molecule has 0 aliphatic rings. The Bertz CT molecular complexity index is 345. The van der Waals surface area contributed by atoms with Crippen LogP contribution in [0.3, 0.4) is 0 Å². The summed E-state index contributed by atoms with van der Waals surface area (Å²) < 4.78 is 13.0. The number of nitrogens with one attached hydrogen (secondary N) is 1. The van der Waals surface area contributed by atoms with Crippen molar-refractivity contribution in [1.82, 2.24) is 0 Å². The molecule has 0 bridgehead atoms. The largest absolute Gasteiger partial charge is 0.326 e. The molecule has 1 rings (SSSR count). The van der Waals surface area contributed by atoms with Crippen LogP contribution in [0.15, 0.2) is 12.1 Å². The number of anilines is 1. The molecule has 0 unspecified atom stereocenters. The number of halogens is 3. The quantitative estimate of drug-likeness (QED) is 0.782. The van der Waals surface area contributed by atoms with Crippen LogP contribution in [0.2, 0.25) is 10.0 Å². The molecule has 0 fully saturated rings. The molecule has 1 amide bonds. The van der Waals surface area contributed by atoms with E-state index in [0.29, 0.717) is 12.1 Å². The van der Waals surface area contributed by atoms with E-state index in [0.717, 1.165) is 0 Å². The first-order chi connectivity index (χ1) is 6.54. The van der Waals surface area contributed by atoms with Gasteiger partial charge in [-0.05, 0) is 12.1 Å². The molecular weight excluding hydrogens is 228 g/mol. The minimum absolute atomic E-state index is 0.107. The Morgan fingerprint density at radius 1 is 1.43 bits per heavy atom. The van der Waals surface area contributed by atoms with Crippen molar-refractivity contribution in [2.24, 2.45) is 0 Å². The van der Waals surface area contributed by atoms with Crippen LogP contribution >= 0.6 is 23.2 Å². The number of carbonyl (C=O) groups is 1. The van der Waals surface area contributed by atoms with Crippen LogP contribution in [0.1, 0.15) is 13.3 Å². The first-order valence-corrected chi connectivity index (χ1v) is 4.74. The standard InChI is InChI=1S/C9H8Cl2FNO/c1-2-8(14)13-5-3-6(10)9(12)7(11)4-5/h3-4H,2H2,1H3,(H,13,14). The average Bonchev–Trinajstić information content (AvgIpc) is 2.14. The summed E-state index contributed by atoms with van der Waals surface area (Å²) in [6, 6.07) is 2.63. The lowest BCUT2D eigenvalue weighted by Gasteiger charge is -2.05. The van der Waals surface area contributed by atoms with Gasteiger partial charge in [0.1, 0.15) is 0 Å². The van der Waals surface area contributed by atoms with Crippen molar-refractivity contribution < 1.29 is 9.18 Å². The van der Waals surface area contributed by atoms with E-state index < -0.39 is 5.82 Å². The Morgan fingerprint density at radius 3 is 2.36 bits per heavy atom. The molecule has 1 aromatic rings. The molecule has 5 heteroatoms. The van der Waals surface area contributed by atoms with E-state index in [-0.39, 0.29) is 16.0 Å². The lowest BCUT2D eigenvalue weighted by Crippen LogP contribution is -2.09. The molecule has 0 saturated heterocycles. The molecule has 0 radical (unpaired) electrons. The summed E-state index contributed by atoms with van der Waals surface area (Å²) >= 11 is 11.1. The molecule has 0 atom stereocenters. The third-order valence-corrected chi connectivity index (χ3v) is 2.14. The van der Waals surface area contributed by atoms with E-state index in [1.807, 2.05) is 0 Å². The van der Waals surface area contributed by atoms with Crippen LogP contribution in [-0.2, 0) is 4.79 Å². The SMILES string of the molecule is CCC(=O)Nc1cc(Cl)c(F)c(Cl)c1. The lowest BCUT2D eigenvalue weighted by atomic mass is 10.3. The van der Waals surface area contributed by atoms with Crippen LogP contribution < -0.4 is 5.32 Å². The Morgan fingerprint density at radius 2 is 1.93 bits per heavy atom. The van der Waals surface area contributed by atoms with Crippen molar-refractivity contribution in [1.29, 1.82) is 0 Å². The van der Waals surface area contributed by atoms with Gasteiger partial charge in [-0.1, -0.05) is 30.1 Å². The molecule has 0 aromatic heterocycles. The van der Waals surface area contributed by atoms with Gasteiger partial charge < -0.3 is 5.32 Å². The molecule has 2 nitrogen and oxygen atoms in total. The highest BCUT2D eigenvalue weighted by Crippen LogP contribution is 2.27. The number of rotatable bonds is 2. The number of hydrogen-bond donors (Lipinski definition) is 1. The van der Waals surface area contributed by atoms with Gasteiger partial charge in [0.2, 0.25) is 5.91 Å². The molecular formula is C9H8Cl2FNO. The van der Waals surface area contributed by atoms with Crippen LogP contribution in [0, 0.1) is 5.82 Å². The molecule has 0 spiro atoms. The first kappa shape index (κ1) is 11.3. The number of carbonyl (C=O) groups excluding carboxylic acids is 1. The van der Waals surface area contributed by atoms with Gasteiger partial charge in [-0.15, -0.1) is 0 Å². The Kier molecular flexibility index (Phi) is 3.72. The predicted molar refractivity (Wildman–Crippen MR) is 55.3 cm³/mol. The van der Waals surface area contributed by atoms with Crippen molar-refractivity contribution >= 4 is 34.8 Å². The third-order valence-electron chi connectivity index (χ3n) is 1.59. The van der Waals surface area contributed by atoms with Crippen molar-refractivity contribution in [2.75, 3.05) is 5.32 Å². The van der Waals surface area contributed by atoms with E-state index in [1.54, 1.807) is 6.92 Å². The Hall–Kier alpha value is -0.800. The lowest BCUT2D eigenvalue weighted by molar-refractivity contribution is -0.115. The molecule has 14 heavy (non-hydrogen) atoms. The summed E-state index contributed by atoms with van der Waals surface area (Å²) in [6.45, 7) is 1.71. The molecule has 0 heterocycles. The zero-order valence-corrected chi connectivity index (χ0v) is 8.92. The maximum absolute atomic E-state index is 13.0. The van der Waals surface area contributed by atoms with Crippen molar-refractivity contribution in [2.45, 2.75) is 13.3 Å². The summed E-state index contributed by atoms with van der Waals surface area (Å²) in [5.41, 5.74) is 0.397. The molecule has 1 N–H and O–H groups in total. The minimum atomic E-state index is -0.678. The maximum atomic E-state index is 13.0. The first-order valence-electron chi connectivity index (χ1n) is 3.99. The average molecular weight is 236 g/mol. The second-order valence-electron chi connectivity index (χ2n) is 2.66. The van der Waals surface area contributed by atoms with Gasteiger partial charge in [0.05, 0.1) is 10.0 Å². The van der Waals surface area contributed by atoms with Gasteiger partial charge >= 0.3 is 0 Å². The molecule has 1 aromatic carbocycles. The van der Waals surface area contributed by atoms with E-state index in [1.165, 1.54) is 12.1 Å². The van der Waals surface area contributed by atoms with E-state index in [4.69, 9.17) is 23.2 Å². The van der Waals surface area contributed by atoms with Gasteiger partial charge in [-0.2, -0.15) is 0 Å². The summed E-state index contributed by atoms with van der Waals surface area (Å²) in [4.78, 5) is 11.0. The predicted octanol–water partition coefficient (Wildman–Crippen LogP) is 3.48. The Labute approximate surface area is 91.0 Å². The summed E-state index contributed by atoms with van der Waals surface area (Å²) in [7, 11) is 0. The summed E-state index contributed by atoms with van der Waals surface area (Å²) in [6.07, 6.45) is 0.340. The van der Waals surface area contributed by atoms with Gasteiger partial charge in [-0.3, -0.25) is 4.79 Å². The minimum Gasteiger partial charge on any atom is -0.326 e. The highest BCUT2D eigenvalue weighted by molar-refractivity contribution is 6.35. The van der Waals surface area contributed by atoms with Crippen LogP contribution in [0.4, 0.5) is 10.1 Å². The van der Waals surface area contributed by atoms with Crippen molar-refractivity contribution in [3.8, 4) is 0 Å². The summed E-state index contributed by atoms with van der Waals surface area (Å²) in [5.74, 6) is -0.855. The topological polar surface area (TPSA) is 29.1 Å². The smallest absolute Gasteiger partial charge is 0.224 e. The van der Waals surface area contributed by atoms with Gasteiger partial charge in [0.15, 0.2) is 5.82 Å². The zero-order chi connectivity index (χ0) is 10.7.